The number of anilines is 2. The number of rotatable bonds is 3. The fourth-order valence-corrected chi connectivity index (χ4v) is 3.87. The first-order valence-corrected chi connectivity index (χ1v) is 9.15. The number of nitrogens with zero attached hydrogens (tertiary/aromatic N) is 8. The van der Waals surface area contributed by atoms with Crippen LogP contribution in [0.1, 0.15) is 5.56 Å². The van der Waals surface area contributed by atoms with Crippen LogP contribution < -0.4 is 14.8 Å². The van der Waals surface area contributed by atoms with E-state index in [0.717, 1.165) is 34.4 Å². The second-order valence-corrected chi connectivity index (χ2v) is 6.65. The Morgan fingerprint density at radius 1 is 0.931 bits per heavy atom. The van der Waals surface area contributed by atoms with Crippen LogP contribution >= 0.6 is 0 Å². The van der Waals surface area contributed by atoms with E-state index in [-0.39, 0.29) is 0 Å². The van der Waals surface area contributed by atoms with Gasteiger partial charge in [-0.15, -0.1) is 5.10 Å². The lowest BCUT2D eigenvalue weighted by Crippen LogP contribution is -2.46. The number of hydrogen-bond donors (Lipinski definition) is 0. The van der Waals surface area contributed by atoms with Crippen molar-refractivity contribution >= 4 is 17.5 Å². The van der Waals surface area contributed by atoms with Crippen molar-refractivity contribution < 1.29 is 4.74 Å². The lowest BCUT2D eigenvalue weighted by molar-refractivity contribution is 0.411. The molecular weight excluding hydrogens is 368 g/mol. The molecule has 0 aliphatic carbocycles. The average molecular weight is 384 g/mol. The first-order valence-electron chi connectivity index (χ1n) is 9.15. The molecule has 0 radical (unpaired) electrons. The van der Waals surface area contributed by atoms with E-state index in [4.69, 9.17) is 9.73 Å². The van der Waals surface area contributed by atoms with E-state index in [1.54, 1.807) is 18.0 Å². The van der Waals surface area contributed by atoms with Gasteiger partial charge in [0.1, 0.15) is 24.4 Å². The van der Waals surface area contributed by atoms with Gasteiger partial charge in [-0.2, -0.15) is 4.68 Å². The molecule has 2 aromatic heterocycles. The van der Waals surface area contributed by atoms with E-state index >= 15 is 0 Å². The molecule has 2 aliphatic rings. The third-order valence-corrected chi connectivity index (χ3v) is 5.15. The maximum atomic E-state index is 5.52. The number of benzene rings is 2. The summed E-state index contributed by atoms with van der Waals surface area (Å²) in [6.07, 6.45) is 5.38. The summed E-state index contributed by atoms with van der Waals surface area (Å²) in [5.41, 5.74) is 2.92. The van der Waals surface area contributed by atoms with Crippen LogP contribution in [0.15, 0.2) is 72.2 Å². The van der Waals surface area contributed by atoms with Gasteiger partial charge in [0.2, 0.25) is 0 Å². The van der Waals surface area contributed by atoms with E-state index in [2.05, 4.69) is 37.0 Å². The number of amidine groups is 1. The Labute approximate surface area is 166 Å². The number of hydrogen-bond acceptors (Lipinski definition) is 7. The summed E-state index contributed by atoms with van der Waals surface area (Å²) in [7, 11) is 1.65. The molecule has 0 spiro atoms. The summed E-state index contributed by atoms with van der Waals surface area (Å²) in [6.45, 7) is 0.442. The number of para-hydroxylation sites is 3. The maximum Gasteiger partial charge on any atom is 0.173 e. The lowest BCUT2D eigenvalue weighted by Gasteiger charge is -2.35. The van der Waals surface area contributed by atoms with Gasteiger partial charge in [0.25, 0.3) is 0 Å². The van der Waals surface area contributed by atoms with Crippen LogP contribution in [0.2, 0.25) is 0 Å². The molecule has 29 heavy (non-hydrogen) atoms. The van der Waals surface area contributed by atoms with E-state index < -0.39 is 0 Å². The number of ether oxygens (including phenoxy) is 1. The molecule has 6 rings (SSSR count). The predicted molar refractivity (Wildman–Crippen MR) is 108 cm³/mol. The number of aromatic nitrogens is 5. The molecule has 0 amide bonds. The van der Waals surface area contributed by atoms with Crippen molar-refractivity contribution in [1.82, 2.24) is 24.5 Å². The first kappa shape index (κ1) is 15.9. The standard InChI is InChI=1S/C20H16N8O/c1-29-17-9-5-4-8-16(17)27-19(11-23-24-27)26-13-22-20-14-6-2-3-7-15(14)25-12-21-10-18(25)28(20)26/h2-12H,13H2,1H3. The van der Waals surface area contributed by atoms with Crippen LogP contribution in [-0.2, 0) is 0 Å². The van der Waals surface area contributed by atoms with Gasteiger partial charge in [-0.3, -0.25) is 4.57 Å². The normalized spacial score (nSPS) is 14.3. The Hall–Kier alpha value is -4.14. The van der Waals surface area contributed by atoms with Gasteiger partial charge in [-0.25, -0.2) is 20.0 Å². The van der Waals surface area contributed by atoms with E-state index in [9.17, 15) is 0 Å². The minimum atomic E-state index is 0.442. The Balaban J connectivity index is 1.50. The van der Waals surface area contributed by atoms with Gasteiger partial charge < -0.3 is 4.74 Å². The van der Waals surface area contributed by atoms with Crippen molar-refractivity contribution in [2.45, 2.75) is 0 Å². The Bertz CT molecular complexity index is 1260. The lowest BCUT2D eigenvalue weighted by atomic mass is 10.1. The summed E-state index contributed by atoms with van der Waals surface area (Å²) < 4.78 is 9.34. The Morgan fingerprint density at radius 2 is 1.76 bits per heavy atom. The highest BCUT2D eigenvalue weighted by Crippen LogP contribution is 2.37. The monoisotopic (exact) mass is 384 g/mol. The first-order chi connectivity index (χ1) is 14.4. The topological polar surface area (TPSA) is 76.6 Å². The molecular formula is C20H16N8O. The van der Waals surface area contributed by atoms with Crippen LogP contribution in [0, 0.1) is 0 Å². The number of hydrazine groups is 1. The van der Waals surface area contributed by atoms with E-state index in [1.165, 1.54) is 0 Å². The van der Waals surface area contributed by atoms with Crippen LogP contribution in [0.4, 0.5) is 11.6 Å². The zero-order chi connectivity index (χ0) is 19.4. The molecule has 4 aromatic rings. The zero-order valence-electron chi connectivity index (χ0n) is 15.5. The van der Waals surface area contributed by atoms with Gasteiger partial charge in [0.15, 0.2) is 17.5 Å². The maximum absolute atomic E-state index is 5.52. The van der Waals surface area contributed by atoms with Crippen LogP contribution in [0.3, 0.4) is 0 Å². The number of aliphatic imine (C=N–C) groups is 1. The van der Waals surface area contributed by atoms with Crippen molar-refractivity contribution in [2.24, 2.45) is 4.99 Å². The SMILES string of the molecule is COc1ccccc1-n1nncc1N1CN=C2c3ccccc3-n3cncc3N21. The predicted octanol–water partition coefficient (Wildman–Crippen LogP) is 2.42. The summed E-state index contributed by atoms with van der Waals surface area (Å²) >= 11 is 0. The Kier molecular flexibility index (Phi) is 3.25. The van der Waals surface area contributed by atoms with Crippen LogP contribution in [0.5, 0.6) is 5.75 Å². The number of imidazole rings is 1. The van der Waals surface area contributed by atoms with Crippen molar-refractivity contribution in [3.05, 3.63) is 72.8 Å². The minimum absolute atomic E-state index is 0.442. The second-order valence-electron chi connectivity index (χ2n) is 6.65. The fourth-order valence-electron chi connectivity index (χ4n) is 3.87. The van der Waals surface area contributed by atoms with Gasteiger partial charge in [-0.05, 0) is 24.3 Å². The molecule has 0 unspecified atom stereocenters. The molecule has 0 N–H and O–H groups in total. The molecule has 0 bridgehead atoms. The highest BCUT2D eigenvalue weighted by Gasteiger charge is 2.37. The molecule has 9 nitrogen and oxygen atoms in total. The number of methoxy groups -OCH3 is 1. The molecule has 0 fully saturated rings. The molecule has 0 saturated carbocycles. The number of fused-ring (bicyclic) bond motifs is 6. The fraction of sp³-hybridized carbons (Fsp3) is 0.100. The largest absolute Gasteiger partial charge is 0.494 e. The van der Waals surface area contributed by atoms with Crippen molar-refractivity contribution in [3.8, 4) is 17.1 Å². The quantitative estimate of drug-likeness (QED) is 0.540. The molecule has 2 aliphatic heterocycles. The van der Waals surface area contributed by atoms with Crippen LogP contribution in [0.25, 0.3) is 11.4 Å². The summed E-state index contributed by atoms with van der Waals surface area (Å²) in [5, 5.41) is 12.6. The molecule has 4 heterocycles. The molecule has 142 valence electrons. The smallest absolute Gasteiger partial charge is 0.173 e. The van der Waals surface area contributed by atoms with Gasteiger partial charge in [-0.1, -0.05) is 29.5 Å². The molecule has 9 heteroatoms. The highest BCUT2D eigenvalue weighted by atomic mass is 16.5. The molecule has 0 saturated heterocycles. The zero-order valence-corrected chi connectivity index (χ0v) is 15.5. The third kappa shape index (κ3) is 2.15. The average Bonchev–Trinajstić information content (AvgIpc) is 3.52. The summed E-state index contributed by atoms with van der Waals surface area (Å²) in [6, 6.07) is 15.9. The second kappa shape index (κ2) is 5.93. The van der Waals surface area contributed by atoms with Crippen molar-refractivity contribution in [3.63, 3.8) is 0 Å². The minimum Gasteiger partial charge on any atom is -0.494 e. The highest BCUT2D eigenvalue weighted by molar-refractivity contribution is 6.16. The van der Waals surface area contributed by atoms with E-state index in [1.807, 2.05) is 53.9 Å². The van der Waals surface area contributed by atoms with Crippen LogP contribution in [-0.4, -0.2) is 44.2 Å². The summed E-state index contributed by atoms with van der Waals surface area (Å²) in [4.78, 5) is 9.19. The van der Waals surface area contributed by atoms with Gasteiger partial charge in [0.05, 0.1) is 25.2 Å². The van der Waals surface area contributed by atoms with Gasteiger partial charge in [0, 0.05) is 5.56 Å². The van der Waals surface area contributed by atoms with Gasteiger partial charge >= 0.3 is 0 Å². The van der Waals surface area contributed by atoms with E-state index in [0.29, 0.717) is 12.4 Å². The Morgan fingerprint density at radius 3 is 2.66 bits per heavy atom. The molecule has 2 aromatic carbocycles. The van der Waals surface area contributed by atoms with Crippen molar-refractivity contribution in [1.29, 1.82) is 0 Å². The van der Waals surface area contributed by atoms with Crippen molar-refractivity contribution in [2.75, 3.05) is 23.8 Å². The summed E-state index contributed by atoms with van der Waals surface area (Å²) in [5.74, 6) is 3.28. The third-order valence-electron chi connectivity index (χ3n) is 5.15. The molecule has 0 atom stereocenters.